The Hall–Kier alpha value is -2.08. The molecule has 2 atom stereocenters. The van der Waals surface area contributed by atoms with E-state index in [0.29, 0.717) is 11.3 Å². The minimum absolute atomic E-state index is 0.363. The second-order valence-electron chi connectivity index (χ2n) is 4.23. The number of methoxy groups -OCH3 is 1. The molecule has 1 aromatic carbocycles. The maximum Gasteiger partial charge on any atom is 0.309 e. The van der Waals surface area contributed by atoms with E-state index < -0.39 is 23.8 Å². The van der Waals surface area contributed by atoms with E-state index in [2.05, 4.69) is 4.74 Å². The Morgan fingerprint density at radius 2 is 2.11 bits per heavy atom. The molecule has 0 amide bonds. The lowest BCUT2D eigenvalue weighted by Gasteiger charge is -2.26. The van der Waals surface area contributed by atoms with E-state index in [9.17, 15) is 14.7 Å². The summed E-state index contributed by atoms with van der Waals surface area (Å²) in [6, 6.07) is 6.65. The Balaban J connectivity index is 2.37. The molecule has 0 bridgehead atoms. The molecule has 0 spiro atoms. The van der Waals surface area contributed by atoms with Crippen LogP contribution >= 0.6 is 0 Å². The number of fused-ring (bicyclic) bond motifs is 1. The number of para-hydroxylation sites is 1. The summed E-state index contributed by atoms with van der Waals surface area (Å²) in [5.41, 5.74) is -1.35. The number of ether oxygens (including phenoxy) is 3. The molecule has 1 aliphatic heterocycles. The number of hydrogen-bond acceptors (Lipinski definition) is 6. The summed E-state index contributed by atoms with van der Waals surface area (Å²) in [5, 5.41) is 10.7. The van der Waals surface area contributed by atoms with Crippen LogP contribution in [0.2, 0.25) is 0 Å². The van der Waals surface area contributed by atoms with E-state index in [0.717, 1.165) is 0 Å². The Morgan fingerprint density at radius 1 is 1.42 bits per heavy atom. The number of aliphatic hydroxyl groups is 1. The van der Waals surface area contributed by atoms with Crippen LogP contribution in [0.15, 0.2) is 24.3 Å². The van der Waals surface area contributed by atoms with Crippen molar-refractivity contribution in [2.75, 3.05) is 7.11 Å². The van der Waals surface area contributed by atoms with Gasteiger partial charge >= 0.3 is 11.9 Å². The zero-order chi connectivity index (χ0) is 14.0. The van der Waals surface area contributed by atoms with Gasteiger partial charge in [0.05, 0.1) is 13.5 Å². The number of esters is 2. The first kappa shape index (κ1) is 13.4. The average Bonchev–Trinajstić information content (AvgIpc) is 2.62. The molecule has 1 N–H and O–H groups in total. The first-order valence-electron chi connectivity index (χ1n) is 5.70. The summed E-state index contributed by atoms with van der Waals surface area (Å²) >= 11 is 0. The standard InChI is InChI=1S/C13H14O6/c1-8(14)18-12-13(16,7-11(15)17-2)9-5-3-4-6-10(9)19-12/h3-6,12,16H,7H2,1-2H3/t12-,13-/m0/s1. The quantitative estimate of drug-likeness (QED) is 0.812. The van der Waals surface area contributed by atoms with E-state index in [1.54, 1.807) is 24.3 Å². The number of rotatable bonds is 3. The Kier molecular flexibility index (Phi) is 3.44. The molecule has 0 fully saturated rings. The third-order valence-corrected chi connectivity index (χ3v) is 2.89. The molecule has 2 rings (SSSR count). The topological polar surface area (TPSA) is 82.1 Å². The zero-order valence-electron chi connectivity index (χ0n) is 10.6. The van der Waals surface area contributed by atoms with Gasteiger partial charge in [0.1, 0.15) is 5.75 Å². The third-order valence-electron chi connectivity index (χ3n) is 2.89. The van der Waals surface area contributed by atoms with Crippen molar-refractivity contribution in [3.8, 4) is 5.75 Å². The van der Waals surface area contributed by atoms with Crippen molar-refractivity contribution in [3.63, 3.8) is 0 Å². The zero-order valence-corrected chi connectivity index (χ0v) is 10.6. The fourth-order valence-corrected chi connectivity index (χ4v) is 2.01. The first-order valence-corrected chi connectivity index (χ1v) is 5.70. The van der Waals surface area contributed by atoms with Gasteiger partial charge in [-0.1, -0.05) is 18.2 Å². The largest absolute Gasteiger partial charge is 0.469 e. The summed E-state index contributed by atoms with van der Waals surface area (Å²) < 4.78 is 14.9. The molecule has 1 aliphatic rings. The van der Waals surface area contributed by atoms with Crippen LogP contribution in [0.1, 0.15) is 18.9 Å². The molecule has 0 unspecified atom stereocenters. The average molecular weight is 266 g/mol. The maximum atomic E-state index is 11.4. The first-order chi connectivity index (χ1) is 8.97. The van der Waals surface area contributed by atoms with Crippen molar-refractivity contribution >= 4 is 11.9 Å². The molecule has 1 aromatic rings. The van der Waals surface area contributed by atoms with E-state index in [-0.39, 0.29) is 6.42 Å². The van der Waals surface area contributed by atoms with Crippen molar-refractivity contribution in [3.05, 3.63) is 29.8 Å². The Morgan fingerprint density at radius 3 is 2.74 bits per heavy atom. The van der Waals surface area contributed by atoms with Crippen molar-refractivity contribution in [2.45, 2.75) is 25.2 Å². The molecule has 19 heavy (non-hydrogen) atoms. The summed E-state index contributed by atoms with van der Waals surface area (Å²) in [7, 11) is 1.22. The molecule has 0 aromatic heterocycles. The minimum Gasteiger partial charge on any atom is -0.469 e. The fraction of sp³-hybridized carbons (Fsp3) is 0.385. The van der Waals surface area contributed by atoms with E-state index in [1.807, 2.05) is 0 Å². The molecule has 0 radical (unpaired) electrons. The monoisotopic (exact) mass is 266 g/mol. The second kappa shape index (κ2) is 4.89. The van der Waals surface area contributed by atoms with Crippen molar-refractivity contribution in [1.29, 1.82) is 0 Å². The van der Waals surface area contributed by atoms with Gasteiger partial charge in [0.2, 0.25) is 0 Å². The predicted molar refractivity (Wildman–Crippen MR) is 63.2 cm³/mol. The fourth-order valence-electron chi connectivity index (χ4n) is 2.01. The number of benzene rings is 1. The number of hydrogen-bond donors (Lipinski definition) is 1. The summed E-state index contributed by atoms with van der Waals surface area (Å²) in [6.45, 7) is 1.20. The van der Waals surface area contributed by atoms with Gasteiger partial charge in [0.25, 0.3) is 6.29 Å². The summed E-state index contributed by atoms with van der Waals surface area (Å²) in [4.78, 5) is 22.5. The van der Waals surface area contributed by atoms with Crippen LogP contribution in [0.5, 0.6) is 5.75 Å². The van der Waals surface area contributed by atoms with E-state index in [4.69, 9.17) is 9.47 Å². The summed E-state index contributed by atoms with van der Waals surface area (Å²) in [6.07, 6.45) is -1.63. The van der Waals surface area contributed by atoms with Gasteiger partial charge in [0, 0.05) is 12.5 Å². The number of carbonyl (C=O) groups excluding carboxylic acids is 2. The molecule has 0 saturated carbocycles. The van der Waals surface area contributed by atoms with Gasteiger partial charge in [-0.05, 0) is 6.07 Å². The summed E-state index contributed by atoms with van der Waals surface area (Å²) in [5.74, 6) is -0.860. The van der Waals surface area contributed by atoms with Crippen LogP contribution in [0.25, 0.3) is 0 Å². The van der Waals surface area contributed by atoms with E-state index >= 15 is 0 Å². The van der Waals surface area contributed by atoms with Crippen LogP contribution in [0.3, 0.4) is 0 Å². The van der Waals surface area contributed by atoms with Gasteiger partial charge < -0.3 is 19.3 Å². The van der Waals surface area contributed by atoms with E-state index in [1.165, 1.54) is 14.0 Å². The second-order valence-corrected chi connectivity index (χ2v) is 4.23. The molecular formula is C13H14O6. The van der Waals surface area contributed by atoms with Gasteiger partial charge in [-0.3, -0.25) is 9.59 Å². The minimum atomic E-state index is -1.74. The van der Waals surface area contributed by atoms with Crippen molar-refractivity contribution < 1.29 is 28.9 Å². The Bertz CT molecular complexity index is 512. The van der Waals surface area contributed by atoms with Crippen molar-refractivity contribution in [2.24, 2.45) is 0 Å². The third kappa shape index (κ3) is 2.39. The highest BCUT2D eigenvalue weighted by Gasteiger charge is 2.51. The highest BCUT2D eigenvalue weighted by Crippen LogP contribution is 2.44. The molecular weight excluding hydrogens is 252 g/mol. The van der Waals surface area contributed by atoms with Gasteiger partial charge in [0.15, 0.2) is 5.60 Å². The molecule has 6 nitrogen and oxygen atoms in total. The molecule has 1 heterocycles. The van der Waals surface area contributed by atoms with Crippen LogP contribution in [0, 0.1) is 0 Å². The SMILES string of the molecule is COC(=O)C[C@]1(O)c2ccccc2O[C@@H]1OC(C)=O. The van der Waals surface area contributed by atoms with Gasteiger partial charge in [-0.15, -0.1) is 0 Å². The van der Waals surface area contributed by atoms with Crippen LogP contribution in [-0.4, -0.2) is 30.4 Å². The highest BCUT2D eigenvalue weighted by molar-refractivity contribution is 5.72. The van der Waals surface area contributed by atoms with Gasteiger partial charge in [-0.2, -0.15) is 0 Å². The van der Waals surface area contributed by atoms with Crippen LogP contribution in [0.4, 0.5) is 0 Å². The lowest BCUT2D eigenvalue weighted by Crippen LogP contribution is -2.42. The normalized spacial score (nSPS) is 24.3. The van der Waals surface area contributed by atoms with Gasteiger partial charge in [-0.25, -0.2) is 0 Å². The highest BCUT2D eigenvalue weighted by atomic mass is 16.7. The Labute approximate surface area is 109 Å². The lowest BCUT2D eigenvalue weighted by molar-refractivity contribution is -0.201. The van der Waals surface area contributed by atoms with Crippen LogP contribution in [-0.2, 0) is 24.7 Å². The number of carbonyl (C=O) groups is 2. The molecule has 0 aliphatic carbocycles. The molecule has 0 saturated heterocycles. The smallest absolute Gasteiger partial charge is 0.309 e. The maximum absolute atomic E-state index is 11.4. The lowest BCUT2D eigenvalue weighted by atomic mass is 9.91. The van der Waals surface area contributed by atoms with Crippen molar-refractivity contribution in [1.82, 2.24) is 0 Å². The molecule has 6 heteroatoms. The predicted octanol–water partition coefficient (Wildman–Crippen LogP) is 0.719. The molecule has 102 valence electrons. The van der Waals surface area contributed by atoms with Crippen LogP contribution < -0.4 is 4.74 Å².